The minimum Gasteiger partial charge on any atom is -0.348 e. The zero-order chi connectivity index (χ0) is 18.4. The van der Waals surface area contributed by atoms with Crippen LogP contribution in [0.25, 0.3) is 0 Å². The number of benzene rings is 1. The lowest BCUT2D eigenvalue weighted by atomic mass is 9.95. The van der Waals surface area contributed by atoms with Crippen molar-refractivity contribution in [3.8, 4) is 6.07 Å². The van der Waals surface area contributed by atoms with E-state index in [0.29, 0.717) is 23.7 Å². The third-order valence-electron chi connectivity index (χ3n) is 5.12. The van der Waals surface area contributed by atoms with E-state index < -0.39 is 11.8 Å². The molecule has 0 radical (unpaired) electrons. The molecule has 2 aliphatic rings. The molecule has 0 unspecified atom stereocenters. The number of carbonyl (C=O) groups is 2. The molecule has 6 nitrogen and oxygen atoms in total. The maximum Gasteiger partial charge on any atom is 0.313 e. The third-order valence-corrected chi connectivity index (χ3v) is 6.27. The van der Waals surface area contributed by atoms with Gasteiger partial charge in [0.15, 0.2) is 0 Å². The van der Waals surface area contributed by atoms with Gasteiger partial charge < -0.3 is 10.6 Å². The number of rotatable bonds is 4. The highest BCUT2D eigenvalue weighted by molar-refractivity contribution is 7.99. The molecular formula is C19H24N4O2S. The van der Waals surface area contributed by atoms with E-state index in [1.165, 1.54) is 17.9 Å². The van der Waals surface area contributed by atoms with Crippen molar-refractivity contribution >= 4 is 29.3 Å². The van der Waals surface area contributed by atoms with Crippen molar-refractivity contribution < 1.29 is 9.59 Å². The number of amides is 2. The van der Waals surface area contributed by atoms with Crippen LogP contribution in [0.1, 0.15) is 24.8 Å². The Morgan fingerprint density at radius 3 is 2.65 bits per heavy atom. The van der Waals surface area contributed by atoms with Gasteiger partial charge in [-0.25, -0.2) is 0 Å². The summed E-state index contributed by atoms with van der Waals surface area (Å²) in [6.45, 7) is 2.68. The number of nitriles is 1. The quantitative estimate of drug-likeness (QED) is 0.788. The van der Waals surface area contributed by atoms with Crippen molar-refractivity contribution in [3.63, 3.8) is 0 Å². The zero-order valence-electron chi connectivity index (χ0n) is 14.7. The normalized spacial score (nSPS) is 21.1. The first kappa shape index (κ1) is 18.7. The summed E-state index contributed by atoms with van der Waals surface area (Å²) in [6, 6.07) is 9.36. The van der Waals surface area contributed by atoms with Gasteiger partial charge in [0.25, 0.3) is 0 Å². The van der Waals surface area contributed by atoms with E-state index in [0.717, 1.165) is 32.0 Å². The van der Waals surface area contributed by atoms with Crippen LogP contribution in [-0.4, -0.2) is 53.9 Å². The van der Waals surface area contributed by atoms with E-state index >= 15 is 0 Å². The van der Waals surface area contributed by atoms with Crippen molar-refractivity contribution in [3.05, 3.63) is 29.8 Å². The molecule has 0 aromatic heterocycles. The molecule has 1 aromatic carbocycles. The molecule has 2 aliphatic heterocycles. The molecule has 1 atom stereocenters. The Morgan fingerprint density at radius 1 is 1.19 bits per heavy atom. The van der Waals surface area contributed by atoms with Crippen molar-refractivity contribution in [1.82, 2.24) is 10.2 Å². The Morgan fingerprint density at radius 2 is 1.96 bits per heavy atom. The van der Waals surface area contributed by atoms with Gasteiger partial charge in [-0.1, -0.05) is 12.1 Å². The van der Waals surface area contributed by atoms with Crippen molar-refractivity contribution in [2.24, 2.45) is 5.92 Å². The Bertz CT molecular complexity index is 689. The van der Waals surface area contributed by atoms with Crippen LogP contribution in [0.15, 0.2) is 24.3 Å². The average molecular weight is 372 g/mol. The summed E-state index contributed by atoms with van der Waals surface area (Å²) in [5, 5.41) is 14.3. The monoisotopic (exact) mass is 372 g/mol. The highest BCUT2D eigenvalue weighted by atomic mass is 32.2. The van der Waals surface area contributed by atoms with Gasteiger partial charge in [0.1, 0.15) is 6.07 Å². The van der Waals surface area contributed by atoms with Crippen LogP contribution in [0.4, 0.5) is 5.69 Å². The minimum atomic E-state index is -0.729. The minimum absolute atomic E-state index is 0.339. The number of hydrogen-bond donors (Lipinski definition) is 2. The van der Waals surface area contributed by atoms with Crippen molar-refractivity contribution in [2.75, 3.05) is 36.5 Å². The number of nitrogens with one attached hydrogen (secondary N) is 2. The van der Waals surface area contributed by atoms with Crippen LogP contribution >= 0.6 is 11.8 Å². The van der Waals surface area contributed by atoms with E-state index in [2.05, 4.69) is 15.5 Å². The number of para-hydroxylation sites is 1. The van der Waals surface area contributed by atoms with E-state index in [1.807, 2.05) is 17.8 Å². The van der Waals surface area contributed by atoms with Gasteiger partial charge in [-0.3, -0.25) is 14.5 Å². The van der Waals surface area contributed by atoms with Crippen LogP contribution in [-0.2, 0) is 9.59 Å². The molecule has 0 bridgehead atoms. The molecule has 2 saturated heterocycles. The molecule has 3 rings (SSSR count). The lowest BCUT2D eigenvalue weighted by Gasteiger charge is -2.35. The van der Waals surface area contributed by atoms with Gasteiger partial charge in [0.2, 0.25) is 0 Å². The molecule has 0 aliphatic carbocycles. The van der Waals surface area contributed by atoms with Gasteiger partial charge in [0, 0.05) is 18.3 Å². The SMILES string of the molecule is N#Cc1ccccc1NC(=O)C(=O)NCC1CCN([C@H]2CCSC2)CC1. The van der Waals surface area contributed by atoms with Gasteiger partial charge in [-0.05, 0) is 56.2 Å². The van der Waals surface area contributed by atoms with Gasteiger partial charge in [-0.15, -0.1) is 0 Å². The molecule has 1 aromatic rings. The summed E-state index contributed by atoms with van der Waals surface area (Å²) in [5.41, 5.74) is 0.698. The number of carbonyl (C=O) groups excluding carboxylic acids is 2. The predicted molar refractivity (Wildman–Crippen MR) is 103 cm³/mol. The summed E-state index contributed by atoms with van der Waals surface area (Å²) in [4.78, 5) is 26.7. The summed E-state index contributed by atoms with van der Waals surface area (Å²) < 4.78 is 0. The molecule has 2 amide bonds. The summed E-state index contributed by atoms with van der Waals surface area (Å²) in [6.07, 6.45) is 3.40. The Kier molecular flexibility index (Phi) is 6.53. The zero-order valence-corrected chi connectivity index (χ0v) is 15.6. The molecule has 2 N–H and O–H groups in total. The Balaban J connectivity index is 1.41. The Hall–Kier alpha value is -2.04. The Labute approximate surface area is 158 Å². The molecule has 0 spiro atoms. The topological polar surface area (TPSA) is 85.2 Å². The van der Waals surface area contributed by atoms with E-state index in [-0.39, 0.29) is 0 Å². The fourth-order valence-electron chi connectivity index (χ4n) is 3.52. The first-order valence-corrected chi connectivity index (χ1v) is 10.2. The standard InChI is InChI=1S/C19H24N4O2S/c20-11-15-3-1-2-4-17(15)22-19(25)18(24)21-12-14-5-8-23(9-6-14)16-7-10-26-13-16/h1-4,14,16H,5-10,12-13H2,(H,21,24)(H,22,25)/t16-/m0/s1. The van der Waals surface area contributed by atoms with Crippen LogP contribution < -0.4 is 10.6 Å². The second kappa shape index (κ2) is 9.06. The number of nitrogens with zero attached hydrogens (tertiary/aromatic N) is 2. The number of piperidine rings is 1. The molecule has 2 heterocycles. The first-order chi connectivity index (χ1) is 12.7. The van der Waals surface area contributed by atoms with Crippen LogP contribution in [0.3, 0.4) is 0 Å². The maximum absolute atomic E-state index is 12.0. The summed E-state index contributed by atoms with van der Waals surface area (Å²) in [5.74, 6) is 1.56. The van der Waals surface area contributed by atoms with Crippen LogP contribution in [0, 0.1) is 17.2 Å². The number of hydrogen-bond acceptors (Lipinski definition) is 5. The fourth-order valence-corrected chi connectivity index (χ4v) is 4.77. The smallest absolute Gasteiger partial charge is 0.313 e. The van der Waals surface area contributed by atoms with Gasteiger partial charge in [0.05, 0.1) is 11.3 Å². The first-order valence-electron chi connectivity index (χ1n) is 9.07. The maximum atomic E-state index is 12.0. The van der Waals surface area contributed by atoms with Gasteiger partial charge >= 0.3 is 11.8 Å². The number of thioether (sulfide) groups is 1. The highest BCUT2D eigenvalue weighted by Crippen LogP contribution is 2.26. The molecule has 2 fully saturated rings. The second-order valence-corrected chi connectivity index (χ2v) is 7.97. The number of likely N-dealkylation sites (tertiary alicyclic amines) is 1. The molecule has 7 heteroatoms. The lowest BCUT2D eigenvalue weighted by Crippen LogP contribution is -2.45. The van der Waals surface area contributed by atoms with E-state index in [9.17, 15) is 9.59 Å². The molecular weight excluding hydrogens is 348 g/mol. The second-order valence-electron chi connectivity index (χ2n) is 6.82. The van der Waals surface area contributed by atoms with E-state index in [4.69, 9.17) is 5.26 Å². The summed E-state index contributed by atoms with van der Waals surface area (Å²) >= 11 is 2.03. The van der Waals surface area contributed by atoms with Crippen LogP contribution in [0.2, 0.25) is 0 Å². The lowest BCUT2D eigenvalue weighted by molar-refractivity contribution is -0.136. The van der Waals surface area contributed by atoms with E-state index in [1.54, 1.807) is 24.3 Å². The third kappa shape index (κ3) is 4.77. The number of anilines is 1. The highest BCUT2D eigenvalue weighted by Gasteiger charge is 2.27. The molecule has 26 heavy (non-hydrogen) atoms. The fraction of sp³-hybridized carbons (Fsp3) is 0.526. The van der Waals surface area contributed by atoms with Crippen molar-refractivity contribution in [1.29, 1.82) is 5.26 Å². The average Bonchev–Trinajstić information content (AvgIpc) is 3.21. The summed E-state index contributed by atoms with van der Waals surface area (Å²) in [7, 11) is 0. The molecule has 138 valence electrons. The predicted octanol–water partition coefficient (Wildman–Crippen LogP) is 1.83. The largest absolute Gasteiger partial charge is 0.348 e. The molecule has 0 saturated carbocycles. The van der Waals surface area contributed by atoms with Crippen molar-refractivity contribution in [2.45, 2.75) is 25.3 Å². The van der Waals surface area contributed by atoms with Gasteiger partial charge in [-0.2, -0.15) is 17.0 Å². The van der Waals surface area contributed by atoms with Crippen LogP contribution in [0.5, 0.6) is 0 Å².